The summed E-state index contributed by atoms with van der Waals surface area (Å²) in [5, 5.41) is 0. The summed E-state index contributed by atoms with van der Waals surface area (Å²) in [7, 11) is 0. The number of aryl methyl sites for hydroxylation is 1. The highest BCUT2D eigenvalue weighted by Crippen LogP contribution is 2.41. The van der Waals surface area contributed by atoms with Crippen molar-refractivity contribution in [2.45, 2.75) is 25.8 Å². The predicted molar refractivity (Wildman–Crippen MR) is 72.7 cm³/mol. The molecule has 5 heteroatoms. The van der Waals surface area contributed by atoms with Crippen molar-refractivity contribution in [1.29, 1.82) is 0 Å². The van der Waals surface area contributed by atoms with E-state index >= 15 is 0 Å². The third-order valence-corrected chi connectivity index (χ3v) is 3.88. The minimum Gasteiger partial charge on any atom is -0.383 e. The first-order chi connectivity index (χ1) is 8.58. The second-order valence-electron chi connectivity index (χ2n) is 4.62. The number of nitrogen functional groups attached to an aromatic ring is 1. The van der Waals surface area contributed by atoms with Gasteiger partial charge in [0.2, 0.25) is 0 Å². The lowest BCUT2D eigenvalue weighted by molar-refractivity contribution is 0.627. The van der Waals surface area contributed by atoms with Crippen LogP contribution >= 0.6 is 15.9 Å². The van der Waals surface area contributed by atoms with Crippen LogP contribution in [0.3, 0.4) is 0 Å². The van der Waals surface area contributed by atoms with Gasteiger partial charge in [-0.1, -0.05) is 0 Å². The molecule has 0 amide bonds. The van der Waals surface area contributed by atoms with Crippen molar-refractivity contribution in [2.75, 3.05) is 5.73 Å². The number of hydrogen-bond donors (Lipinski definition) is 1. The van der Waals surface area contributed by atoms with E-state index in [2.05, 4.69) is 25.5 Å². The summed E-state index contributed by atoms with van der Waals surface area (Å²) >= 11 is 3.36. The summed E-state index contributed by atoms with van der Waals surface area (Å²) in [5.41, 5.74) is 7.73. The van der Waals surface area contributed by atoms with Gasteiger partial charge in [-0.3, -0.25) is 0 Å². The Morgan fingerprint density at radius 2 is 2.17 bits per heavy atom. The number of rotatable bonds is 2. The number of anilines is 1. The van der Waals surface area contributed by atoms with E-state index in [1.54, 1.807) is 6.07 Å². The maximum absolute atomic E-state index is 13.1. The molecule has 1 heterocycles. The zero-order chi connectivity index (χ0) is 12.9. The number of halogens is 2. The second kappa shape index (κ2) is 4.09. The van der Waals surface area contributed by atoms with E-state index in [0.717, 1.165) is 29.9 Å². The van der Waals surface area contributed by atoms with Crippen molar-refractivity contribution < 1.29 is 4.39 Å². The standard InChI is InChI=1S/C13H13BrFN3/c1-7-17-12(13(16)18(7)9-3-4-9)10-5-2-8(15)6-11(10)14/h2,5-6,9H,3-4,16H2,1H3. The van der Waals surface area contributed by atoms with Crippen LogP contribution in [0, 0.1) is 12.7 Å². The van der Waals surface area contributed by atoms with Crippen molar-refractivity contribution in [3.05, 3.63) is 34.3 Å². The molecule has 2 N–H and O–H groups in total. The van der Waals surface area contributed by atoms with Crippen LogP contribution in [0.4, 0.5) is 10.2 Å². The first kappa shape index (κ1) is 11.7. The summed E-state index contributed by atoms with van der Waals surface area (Å²) in [6.45, 7) is 1.95. The van der Waals surface area contributed by atoms with Gasteiger partial charge in [0.05, 0.1) is 0 Å². The number of imidazole rings is 1. The lowest BCUT2D eigenvalue weighted by Gasteiger charge is -2.06. The van der Waals surface area contributed by atoms with E-state index in [4.69, 9.17) is 5.73 Å². The van der Waals surface area contributed by atoms with Crippen LogP contribution in [0.5, 0.6) is 0 Å². The highest BCUT2D eigenvalue weighted by Gasteiger charge is 2.29. The van der Waals surface area contributed by atoms with Crippen LogP contribution in [0.15, 0.2) is 22.7 Å². The predicted octanol–water partition coefficient (Wildman–Crippen LogP) is 3.68. The van der Waals surface area contributed by atoms with E-state index in [1.165, 1.54) is 12.1 Å². The molecule has 1 fully saturated rings. The molecule has 0 spiro atoms. The Morgan fingerprint density at radius 3 is 2.78 bits per heavy atom. The molecule has 94 valence electrons. The molecular weight excluding hydrogens is 297 g/mol. The van der Waals surface area contributed by atoms with Crippen molar-refractivity contribution in [2.24, 2.45) is 0 Å². The van der Waals surface area contributed by atoms with Crippen molar-refractivity contribution >= 4 is 21.7 Å². The third-order valence-electron chi connectivity index (χ3n) is 3.22. The van der Waals surface area contributed by atoms with Gasteiger partial charge in [-0.2, -0.15) is 0 Å². The molecular formula is C13H13BrFN3. The Hall–Kier alpha value is -1.36. The quantitative estimate of drug-likeness (QED) is 0.919. The van der Waals surface area contributed by atoms with Crippen LogP contribution in [0.25, 0.3) is 11.3 Å². The average Bonchev–Trinajstić information content (AvgIpc) is 3.07. The normalized spacial score (nSPS) is 15.1. The second-order valence-corrected chi connectivity index (χ2v) is 5.47. The van der Waals surface area contributed by atoms with Gasteiger partial charge < -0.3 is 10.3 Å². The number of nitrogens with two attached hydrogens (primary N) is 1. The number of aromatic nitrogens is 2. The minimum atomic E-state index is -0.275. The zero-order valence-corrected chi connectivity index (χ0v) is 11.5. The van der Waals surface area contributed by atoms with E-state index < -0.39 is 0 Å². The zero-order valence-electron chi connectivity index (χ0n) is 9.95. The molecule has 0 radical (unpaired) electrons. The Labute approximate surface area is 113 Å². The summed E-state index contributed by atoms with van der Waals surface area (Å²) in [6.07, 6.45) is 2.32. The fourth-order valence-electron chi connectivity index (χ4n) is 2.23. The van der Waals surface area contributed by atoms with E-state index in [1.807, 2.05) is 6.92 Å². The molecule has 0 saturated heterocycles. The van der Waals surface area contributed by atoms with Gasteiger partial charge in [-0.25, -0.2) is 9.37 Å². The maximum atomic E-state index is 13.1. The largest absolute Gasteiger partial charge is 0.383 e. The van der Waals surface area contributed by atoms with Crippen molar-refractivity contribution in [3.8, 4) is 11.3 Å². The van der Waals surface area contributed by atoms with Gasteiger partial charge in [0, 0.05) is 16.1 Å². The average molecular weight is 310 g/mol. The molecule has 3 nitrogen and oxygen atoms in total. The van der Waals surface area contributed by atoms with Gasteiger partial charge >= 0.3 is 0 Å². The topological polar surface area (TPSA) is 43.8 Å². The van der Waals surface area contributed by atoms with E-state index in [-0.39, 0.29) is 5.82 Å². The number of benzene rings is 1. The van der Waals surface area contributed by atoms with Gasteiger partial charge in [0.25, 0.3) is 0 Å². The lowest BCUT2D eigenvalue weighted by atomic mass is 10.1. The molecule has 1 aromatic carbocycles. The molecule has 1 aliphatic rings. The molecule has 18 heavy (non-hydrogen) atoms. The third kappa shape index (κ3) is 1.82. The number of nitrogens with zero attached hydrogens (tertiary/aromatic N) is 2. The van der Waals surface area contributed by atoms with Gasteiger partial charge in [0.1, 0.15) is 23.2 Å². The lowest BCUT2D eigenvalue weighted by Crippen LogP contribution is -2.02. The molecule has 0 bridgehead atoms. The smallest absolute Gasteiger partial charge is 0.132 e. The summed E-state index contributed by atoms with van der Waals surface area (Å²) in [6, 6.07) is 5.05. The first-order valence-corrected chi connectivity index (χ1v) is 6.67. The summed E-state index contributed by atoms with van der Waals surface area (Å²) in [5.74, 6) is 1.31. The van der Waals surface area contributed by atoms with Crippen LogP contribution in [0.1, 0.15) is 24.7 Å². The van der Waals surface area contributed by atoms with Crippen LogP contribution in [0.2, 0.25) is 0 Å². The fourth-order valence-corrected chi connectivity index (χ4v) is 2.77. The molecule has 2 aromatic rings. The maximum Gasteiger partial charge on any atom is 0.132 e. The molecule has 1 saturated carbocycles. The van der Waals surface area contributed by atoms with Gasteiger partial charge in [0.15, 0.2) is 0 Å². The van der Waals surface area contributed by atoms with Crippen molar-refractivity contribution in [3.63, 3.8) is 0 Å². The highest BCUT2D eigenvalue weighted by atomic mass is 79.9. The summed E-state index contributed by atoms with van der Waals surface area (Å²) < 4.78 is 15.8. The van der Waals surface area contributed by atoms with Crippen LogP contribution < -0.4 is 5.73 Å². The number of hydrogen-bond acceptors (Lipinski definition) is 2. The molecule has 1 aromatic heterocycles. The molecule has 0 unspecified atom stereocenters. The fraction of sp³-hybridized carbons (Fsp3) is 0.308. The van der Waals surface area contributed by atoms with E-state index in [0.29, 0.717) is 16.3 Å². The Morgan fingerprint density at radius 1 is 1.44 bits per heavy atom. The highest BCUT2D eigenvalue weighted by molar-refractivity contribution is 9.10. The van der Waals surface area contributed by atoms with Crippen LogP contribution in [-0.2, 0) is 0 Å². The SMILES string of the molecule is Cc1nc(-c2ccc(F)cc2Br)c(N)n1C1CC1. The minimum absolute atomic E-state index is 0.275. The van der Waals surface area contributed by atoms with E-state index in [9.17, 15) is 4.39 Å². The monoisotopic (exact) mass is 309 g/mol. The van der Waals surface area contributed by atoms with Crippen molar-refractivity contribution in [1.82, 2.24) is 9.55 Å². The van der Waals surface area contributed by atoms with Crippen LogP contribution in [-0.4, -0.2) is 9.55 Å². The molecule has 0 aliphatic heterocycles. The Kier molecular flexibility index (Phi) is 2.66. The van der Waals surface area contributed by atoms with Gasteiger partial charge in [-0.15, -0.1) is 0 Å². The molecule has 3 rings (SSSR count). The molecule has 1 aliphatic carbocycles. The Bertz CT molecular complexity index is 617. The Balaban J connectivity index is 2.14. The first-order valence-electron chi connectivity index (χ1n) is 5.87. The molecule has 0 atom stereocenters. The summed E-state index contributed by atoms with van der Waals surface area (Å²) in [4.78, 5) is 4.52. The van der Waals surface area contributed by atoms with Gasteiger partial charge in [-0.05, 0) is 53.9 Å².